The molecule has 1 aliphatic rings. The highest BCUT2D eigenvalue weighted by Crippen LogP contribution is 2.35. The summed E-state index contributed by atoms with van der Waals surface area (Å²) in [4.78, 5) is 18.8. The number of piperidine rings is 1. The lowest BCUT2D eigenvalue weighted by Gasteiger charge is -2.30. The van der Waals surface area contributed by atoms with E-state index < -0.39 is 0 Å². The lowest BCUT2D eigenvalue weighted by atomic mass is 9.95. The number of nitrogens with one attached hydrogen (secondary N) is 2. The number of halogens is 2. The van der Waals surface area contributed by atoms with Crippen LogP contribution in [0.1, 0.15) is 28.7 Å². The summed E-state index contributed by atoms with van der Waals surface area (Å²) in [6.45, 7) is 5.92. The van der Waals surface area contributed by atoms with Gasteiger partial charge in [0.05, 0.1) is 14.9 Å². The molecule has 0 aliphatic carbocycles. The lowest BCUT2D eigenvalue weighted by molar-refractivity contribution is 0.0918. The number of nitrogens with zero attached hydrogens (tertiary/aromatic N) is 1. The zero-order chi connectivity index (χ0) is 15.7. The van der Waals surface area contributed by atoms with Crippen molar-refractivity contribution in [2.75, 3.05) is 13.1 Å². The maximum Gasteiger partial charge on any atom is 0.263 e. The van der Waals surface area contributed by atoms with Gasteiger partial charge in [-0.3, -0.25) is 4.79 Å². The van der Waals surface area contributed by atoms with Gasteiger partial charge < -0.3 is 10.6 Å². The van der Waals surface area contributed by atoms with Gasteiger partial charge in [-0.1, -0.05) is 18.5 Å². The number of carbonyl (C=O) groups is 1. The summed E-state index contributed by atoms with van der Waals surface area (Å²) in [5, 5.41) is 7.33. The Kier molecular flexibility index (Phi) is 6.45. The van der Waals surface area contributed by atoms with E-state index in [4.69, 9.17) is 11.6 Å². The Balaban J connectivity index is 0.00000192. The molecule has 0 spiro atoms. The molecular formula is C15H19Cl2N3OS2. The lowest BCUT2D eigenvalue weighted by Crippen LogP contribution is -2.50. The predicted octanol–water partition coefficient (Wildman–Crippen LogP) is 3.98. The number of aryl methyl sites for hydroxylation is 1. The van der Waals surface area contributed by atoms with E-state index >= 15 is 0 Å². The van der Waals surface area contributed by atoms with E-state index in [9.17, 15) is 4.79 Å². The summed E-state index contributed by atoms with van der Waals surface area (Å²) in [5.41, 5.74) is 0.776. The normalized spacial score (nSPS) is 20.8. The molecule has 2 atom stereocenters. The Morgan fingerprint density at radius 1 is 1.43 bits per heavy atom. The molecule has 1 aliphatic heterocycles. The Morgan fingerprint density at radius 3 is 2.87 bits per heavy atom. The first-order valence-electron chi connectivity index (χ1n) is 7.29. The van der Waals surface area contributed by atoms with Crippen LogP contribution in [0.25, 0.3) is 9.88 Å². The number of aromatic nitrogens is 1. The zero-order valence-corrected chi connectivity index (χ0v) is 16.1. The minimum atomic E-state index is -0.0237. The maximum absolute atomic E-state index is 12.5. The minimum absolute atomic E-state index is 0. The van der Waals surface area contributed by atoms with Crippen molar-refractivity contribution in [2.45, 2.75) is 26.3 Å². The molecule has 3 heterocycles. The first kappa shape index (κ1) is 18.7. The molecule has 0 bridgehead atoms. The minimum Gasteiger partial charge on any atom is -0.347 e. The summed E-state index contributed by atoms with van der Waals surface area (Å²) in [7, 11) is 0. The molecule has 8 heteroatoms. The Morgan fingerprint density at radius 2 is 2.22 bits per heavy atom. The topological polar surface area (TPSA) is 54.0 Å². The van der Waals surface area contributed by atoms with Crippen molar-refractivity contribution in [3.8, 4) is 9.88 Å². The number of thiophene rings is 1. The van der Waals surface area contributed by atoms with Crippen LogP contribution in [0.4, 0.5) is 0 Å². The molecule has 2 unspecified atom stereocenters. The van der Waals surface area contributed by atoms with Gasteiger partial charge in [0.25, 0.3) is 5.91 Å². The van der Waals surface area contributed by atoms with E-state index in [0.717, 1.165) is 39.4 Å². The van der Waals surface area contributed by atoms with Crippen LogP contribution in [0.2, 0.25) is 4.34 Å². The van der Waals surface area contributed by atoms with E-state index in [1.807, 2.05) is 19.1 Å². The Labute approximate surface area is 155 Å². The quantitative estimate of drug-likeness (QED) is 0.831. The Hall–Kier alpha value is -0.660. The number of hydrogen-bond acceptors (Lipinski definition) is 5. The van der Waals surface area contributed by atoms with Gasteiger partial charge >= 0.3 is 0 Å². The van der Waals surface area contributed by atoms with Crippen LogP contribution in [-0.2, 0) is 0 Å². The molecule has 2 N–H and O–H groups in total. The van der Waals surface area contributed by atoms with Crippen molar-refractivity contribution in [1.29, 1.82) is 0 Å². The Bertz CT molecular complexity index is 686. The third-order valence-corrected chi connectivity index (χ3v) is 6.49. The number of rotatable bonds is 3. The standard InChI is InChI=1S/C15H18ClN3OS2.ClH/c1-8-5-6-17-7-10(8)19-14(20)13-9(2)18-15(22-13)11-3-4-12(16)21-11;/h3-4,8,10,17H,5-7H2,1-2H3,(H,19,20);1H. The predicted molar refractivity (Wildman–Crippen MR) is 100 cm³/mol. The third-order valence-electron chi connectivity index (χ3n) is 3.93. The highest BCUT2D eigenvalue weighted by atomic mass is 35.5. The summed E-state index contributed by atoms with van der Waals surface area (Å²) in [6.07, 6.45) is 1.09. The van der Waals surface area contributed by atoms with Gasteiger partial charge in [0.2, 0.25) is 0 Å². The number of thiazole rings is 1. The molecule has 0 aromatic carbocycles. The fourth-order valence-corrected chi connectivity index (χ4v) is 4.63. The summed E-state index contributed by atoms with van der Waals surface area (Å²) in [6, 6.07) is 3.98. The van der Waals surface area contributed by atoms with Gasteiger partial charge in [0.1, 0.15) is 9.88 Å². The second-order valence-corrected chi connectivity index (χ2v) is 8.30. The molecule has 2 aromatic heterocycles. The van der Waals surface area contributed by atoms with E-state index in [-0.39, 0.29) is 24.4 Å². The summed E-state index contributed by atoms with van der Waals surface area (Å²) < 4.78 is 0.732. The van der Waals surface area contributed by atoms with Crippen molar-refractivity contribution in [1.82, 2.24) is 15.6 Å². The van der Waals surface area contributed by atoms with Crippen LogP contribution < -0.4 is 10.6 Å². The van der Waals surface area contributed by atoms with Crippen LogP contribution in [0, 0.1) is 12.8 Å². The monoisotopic (exact) mass is 391 g/mol. The molecule has 23 heavy (non-hydrogen) atoms. The molecule has 4 nitrogen and oxygen atoms in total. The van der Waals surface area contributed by atoms with Crippen molar-refractivity contribution in [2.24, 2.45) is 5.92 Å². The number of hydrogen-bond donors (Lipinski definition) is 2. The van der Waals surface area contributed by atoms with Crippen LogP contribution in [-0.4, -0.2) is 30.0 Å². The smallest absolute Gasteiger partial charge is 0.263 e. The SMILES string of the molecule is Cc1nc(-c2ccc(Cl)s2)sc1C(=O)NC1CNCCC1C.Cl. The van der Waals surface area contributed by atoms with Gasteiger partial charge in [-0.05, 0) is 37.9 Å². The van der Waals surface area contributed by atoms with E-state index in [0.29, 0.717) is 10.8 Å². The molecule has 1 amide bonds. The summed E-state index contributed by atoms with van der Waals surface area (Å²) >= 11 is 8.89. The average molecular weight is 392 g/mol. The fourth-order valence-electron chi connectivity index (χ4n) is 2.56. The molecule has 1 saturated heterocycles. The van der Waals surface area contributed by atoms with Gasteiger partial charge in [-0.2, -0.15) is 0 Å². The molecule has 0 saturated carbocycles. The number of amides is 1. The van der Waals surface area contributed by atoms with Gasteiger partial charge in [-0.25, -0.2) is 4.98 Å². The van der Waals surface area contributed by atoms with Gasteiger partial charge in [0, 0.05) is 12.6 Å². The third kappa shape index (κ3) is 4.25. The molecule has 3 rings (SSSR count). The van der Waals surface area contributed by atoms with Crippen LogP contribution in [0.3, 0.4) is 0 Å². The van der Waals surface area contributed by atoms with Crippen LogP contribution in [0.5, 0.6) is 0 Å². The number of carbonyl (C=O) groups excluding carboxylic acids is 1. The largest absolute Gasteiger partial charge is 0.347 e. The van der Waals surface area contributed by atoms with E-state index in [2.05, 4.69) is 22.5 Å². The van der Waals surface area contributed by atoms with Crippen LogP contribution >= 0.6 is 46.7 Å². The van der Waals surface area contributed by atoms with Crippen molar-refractivity contribution < 1.29 is 4.79 Å². The van der Waals surface area contributed by atoms with Gasteiger partial charge in [-0.15, -0.1) is 35.1 Å². The van der Waals surface area contributed by atoms with Crippen molar-refractivity contribution in [3.63, 3.8) is 0 Å². The molecule has 126 valence electrons. The molecule has 2 aromatic rings. The highest BCUT2D eigenvalue weighted by Gasteiger charge is 2.25. The van der Waals surface area contributed by atoms with Gasteiger partial charge in [0.15, 0.2) is 0 Å². The summed E-state index contributed by atoms with van der Waals surface area (Å²) in [5.74, 6) is 0.471. The average Bonchev–Trinajstić information content (AvgIpc) is 3.07. The van der Waals surface area contributed by atoms with Crippen molar-refractivity contribution >= 4 is 52.6 Å². The van der Waals surface area contributed by atoms with Crippen molar-refractivity contribution in [3.05, 3.63) is 27.0 Å². The second kappa shape index (κ2) is 7.94. The van der Waals surface area contributed by atoms with Crippen LogP contribution in [0.15, 0.2) is 12.1 Å². The fraction of sp³-hybridized carbons (Fsp3) is 0.467. The molecule has 1 fully saturated rings. The first-order valence-corrected chi connectivity index (χ1v) is 9.30. The zero-order valence-electron chi connectivity index (χ0n) is 12.9. The second-order valence-electron chi connectivity index (χ2n) is 5.59. The molecule has 0 radical (unpaired) electrons. The molecular weight excluding hydrogens is 373 g/mol. The maximum atomic E-state index is 12.5. The highest BCUT2D eigenvalue weighted by molar-refractivity contribution is 7.24. The van der Waals surface area contributed by atoms with E-state index in [1.54, 1.807) is 0 Å². The van der Waals surface area contributed by atoms with E-state index in [1.165, 1.54) is 22.7 Å². The first-order chi connectivity index (χ1) is 10.5.